The highest BCUT2D eigenvalue weighted by Gasteiger charge is 2.38. The summed E-state index contributed by atoms with van der Waals surface area (Å²) in [5.74, 6) is -0.896. The van der Waals surface area contributed by atoms with Crippen LogP contribution in [0.5, 0.6) is 0 Å². The van der Waals surface area contributed by atoms with E-state index < -0.39 is 33.1 Å². The number of ether oxygens (including phenoxy) is 1. The number of hydrogen-bond donors (Lipinski definition) is 0. The zero-order valence-electron chi connectivity index (χ0n) is 20.6. The van der Waals surface area contributed by atoms with Crippen molar-refractivity contribution in [2.45, 2.75) is 49.6 Å². The number of carbonyl (C=O) groups is 1. The number of methoxy groups -OCH3 is 1. The molecule has 2 aliphatic heterocycles. The number of carbonyl (C=O) groups excluding carboxylic acids is 1. The lowest BCUT2D eigenvalue weighted by Gasteiger charge is -2.39. The van der Waals surface area contributed by atoms with Crippen molar-refractivity contribution < 1.29 is 22.3 Å². The van der Waals surface area contributed by atoms with E-state index in [1.807, 2.05) is 39.8 Å². The van der Waals surface area contributed by atoms with Crippen LogP contribution in [-0.4, -0.2) is 59.7 Å². The second-order valence-electron chi connectivity index (χ2n) is 9.52. The Kier molecular flexibility index (Phi) is 7.25. The summed E-state index contributed by atoms with van der Waals surface area (Å²) in [4.78, 5) is 14.5. The lowest BCUT2D eigenvalue weighted by molar-refractivity contribution is -0.143. The van der Waals surface area contributed by atoms with Crippen LogP contribution in [0.25, 0.3) is 0 Å². The molecule has 0 bridgehead atoms. The first-order valence-corrected chi connectivity index (χ1v) is 13.9. The standard InChI is InChI=1S/C26H30FN5O4S/c1-36-26(33)24-15-21(30-17-28-29-18-30)11-13-32(24)22-10-9-20(23(27)14-22)16-31-12-5-8-25(37(31,34)35)19-6-3-2-4-7-19/h2-4,6-7,9-10,14,17-18,21,24-25H,5,8,11-13,15-16H2,1H3. The Bertz CT molecular complexity index is 1340. The van der Waals surface area contributed by atoms with Crippen LogP contribution in [0.2, 0.25) is 0 Å². The molecular formula is C26H30FN5O4S. The number of rotatable bonds is 6. The fourth-order valence-corrected chi connectivity index (χ4v) is 7.43. The van der Waals surface area contributed by atoms with Crippen LogP contribution in [0.3, 0.4) is 0 Å². The van der Waals surface area contributed by atoms with E-state index in [9.17, 15) is 13.2 Å². The number of sulfonamides is 1. The smallest absolute Gasteiger partial charge is 0.328 e. The Balaban J connectivity index is 1.34. The van der Waals surface area contributed by atoms with Gasteiger partial charge in [-0.15, -0.1) is 10.2 Å². The van der Waals surface area contributed by atoms with Gasteiger partial charge in [-0.25, -0.2) is 17.6 Å². The summed E-state index contributed by atoms with van der Waals surface area (Å²) < 4.78 is 50.4. The summed E-state index contributed by atoms with van der Waals surface area (Å²) in [7, 11) is -2.29. The van der Waals surface area contributed by atoms with E-state index in [0.717, 1.165) is 12.0 Å². The number of aromatic nitrogens is 3. The zero-order valence-corrected chi connectivity index (χ0v) is 21.4. The minimum atomic E-state index is -3.63. The maximum absolute atomic E-state index is 15.4. The van der Waals surface area contributed by atoms with Gasteiger partial charge in [0.2, 0.25) is 10.0 Å². The van der Waals surface area contributed by atoms with Crippen LogP contribution in [0.4, 0.5) is 10.1 Å². The average Bonchev–Trinajstić information content (AvgIpc) is 3.45. The molecule has 37 heavy (non-hydrogen) atoms. The molecule has 0 N–H and O–H groups in total. The van der Waals surface area contributed by atoms with Gasteiger partial charge < -0.3 is 14.2 Å². The van der Waals surface area contributed by atoms with E-state index in [4.69, 9.17) is 4.74 Å². The monoisotopic (exact) mass is 527 g/mol. The van der Waals surface area contributed by atoms with Gasteiger partial charge in [-0.1, -0.05) is 36.4 Å². The predicted molar refractivity (Wildman–Crippen MR) is 136 cm³/mol. The molecular weight excluding hydrogens is 497 g/mol. The van der Waals surface area contributed by atoms with E-state index in [1.165, 1.54) is 17.5 Å². The molecule has 2 saturated heterocycles. The molecule has 3 heterocycles. The van der Waals surface area contributed by atoms with Crippen molar-refractivity contribution in [3.05, 3.63) is 78.1 Å². The molecule has 0 radical (unpaired) electrons. The van der Waals surface area contributed by atoms with Gasteiger partial charge in [0, 0.05) is 36.9 Å². The molecule has 0 spiro atoms. The van der Waals surface area contributed by atoms with Crippen LogP contribution >= 0.6 is 0 Å². The van der Waals surface area contributed by atoms with Crippen molar-refractivity contribution in [3.63, 3.8) is 0 Å². The Morgan fingerprint density at radius 3 is 2.54 bits per heavy atom. The van der Waals surface area contributed by atoms with Crippen LogP contribution in [0.1, 0.15) is 48.1 Å². The van der Waals surface area contributed by atoms with Crippen LogP contribution < -0.4 is 4.90 Å². The lowest BCUT2D eigenvalue weighted by atomic mass is 9.96. The highest BCUT2D eigenvalue weighted by atomic mass is 32.2. The van der Waals surface area contributed by atoms with Crippen LogP contribution in [0, 0.1) is 5.82 Å². The molecule has 2 fully saturated rings. The number of benzene rings is 2. The number of piperidine rings is 1. The first-order valence-electron chi connectivity index (χ1n) is 12.4. The Morgan fingerprint density at radius 1 is 1.08 bits per heavy atom. The molecule has 9 nitrogen and oxygen atoms in total. The molecule has 5 rings (SSSR count). The minimum absolute atomic E-state index is 0.0290. The van der Waals surface area contributed by atoms with E-state index in [1.54, 1.807) is 24.8 Å². The number of anilines is 1. The number of nitrogens with zero attached hydrogens (tertiary/aromatic N) is 5. The van der Waals surface area contributed by atoms with Crippen LogP contribution in [0.15, 0.2) is 61.2 Å². The third-order valence-corrected chi connectivity index (χ3v) is 9.64. The molecule has 11 heteroatoms. The van der Waals surface area contributed by atoms with Crippen molar-refractivity contribution in [1.29, 1.82) is 0 Å². The predicted octanol–water partition coefficient (Wildman–Crippen LogP) is 3.47. The number of hydrogen-bond acceptors (Lipinski definition) is 7. The maximum atomic E-state index is 15.4. The molecule has 0 saturated carbocycles. The summed E-state index contributed by atoms with van der Waals surface area (Å²) >= 11 is 0. The second-order valence-corrected chi connectivity index (χ2v) is 11.6. The molecule has 3 atom stereocenters. The Hall–Kier alpha value is -3.31. The van der Waals surface area contributed by atoms with Crippen LogP contribution in [-0.2, 0) is 26.1 Å². The summed E-state index contributed by atoms with van der Waals surface area (Å²) in [6, 6.07) is 13.4. The highest BCUT2D eigenvalue weighted by molar-refractivity contribution is 7.89. The van der Waals surface area contributed by atoms with Crippen molar-refractivity contribution in [2.24, 2.45) is 0 Å². The van der Waals surface area contributed by atoms with Gasteiger partial charge >= 0.3 is 5.97 Å². The lowest BCUT2D eigenvalue weighted by Crippen LogP contribution is -2.48. The van der Waals surface area contributed by atoms with Gasteiger partial charge in [-0.3, -0.25) is 0 Å². The van der Waals surface area contributed by atoms with E-state index in [-0.39, 0.29) is 12.6 Å². The van der Waals surface area contributed by atoms with E-state index >= 15 is 4.39 Å². The quantitative estimate of drug-likeness (QED) is 0.453. The topological polar surface area (TPSA) is 97.6 Å². The normalized spacial score (nSPS) is 24.1. The summed E-state index contributed by atoms with van der Waals surface area (Å²) in [5.41, 5.74) is 1.62. The van der Waals surface area contributed by atoms with Gasteiger partial charge in [0.1, 0.15) is 29.8 Å². The number of esters is 1. The van der Waals surface area contributed by atoms with Gasteiger partial charge in [-0.2, -0.15) is 4.31 Å². The molecule has 3 aromatic rings. The van der Waals surface area contributed by atoms with Gasteiger partial charge in [0.15, 0.2) is 0 Å². The summed E-state index contributed by atoms with van der Waals surface area (Å²) in [5, 5.41) is 7.08. The molecule has 0 aliphatic carbocycles. The summed E-state index contributed by atoms with van der Waals surface area (Å²) in [6.07, 6.45) is 5.70. The van der Waals surface area contributed by atoms with Crippen molar-refractivity contribution in [2.75, 3.05) is 25.1 Å². The maximum Gasteiger partial charge on any atom is 0.328 e. The molecule has 196 valence electrons. The second kappa shape index (κ2) is 10.6. The molecule has 2 aliphatic rings. The largest absolute Gasteiger partial charge is 0.467 e. The SMILES string of the molecule is COC(=O)C1CC(n2cnnc2)CCN1c1ccc(CN2CCCC(c3ccccc3)S2(=O)=O)c(F)c1. The van der Waals surface area contributed by atoms with Crippen molar-refractivity contribution in [1.82, 2.24) is 19.1 Å². The third kappa shape index (κ3) is 5.10. The molecule has 3 unspecified atom stereocenters. The van der Waals surface area contributed by atoms with Gasteiger partial charge in [0.25, 0.3) is 0 Å². The van der Waals surface area contributed by atoms with E-state index in [2.05, 4.69) is 10.2 Å². The first kappa shape index (κ1) is 25.3. The highest BCUT2D eigenvalue weighted by Crippen LogP contribution is 2.36. The fourth-order valence-electron chi connectivity index (χ4n) is 5.40. The van der Waals surface area contributed by atoms with Crippen molar-refractivity contribution in [3.8, 4) is 0 Å². The summed E-state index contributed by atoms with van der Waals surface area (Å²) in [6.45, 7) is 0.836. The Morgan fingerprint density at radius 2 is 1.84 bits per heavy atom. The Labute approximate surface area is 215 Å². The first-order chi connectivity index (χ1) is 17.9. The minimum Gasteiger partial charge on any atom is -0.467 e. The van der Waals surface area contributed by atoms with Gasteiger partial charge in [0.05, 0.1) is 7.11 Å². The molecule has 2 aromatic carbocycles. The van der Waals surface area contributed by atoms with E-state index in [0.29, 0.717) is 43.6 Å². The van der Waals surface area contributed by atoms with Crippen molar-refractivity contribution >= 4 is 21.7 Å². The zero-order chi connectivity index (χ0) is 26.0. The fraction of sp³-hybridized carbons (Fsp3) is 0.423. The average molecular weight is 528 g/mol. The molecule has 0 amide bonds. The number of halogens is 1. The van der Waals surface area contributed by atoms with Gasteiger partial charge in [-0.05, 0) is 43.4 Å². The third-order valence-electron chi connectivity index (χ3n) is 7.39. The molecule has 1 aromatic heterocycles.